The summed E-state index contributed by atoms with van der Waals surface area (Å²) in [4.78, 5) is 26.3. The van der Waals surface area contributed by atoms with Gasteiger partial charge in [0.1, 0.15) is 5.75 Å². The van der Waals surface area contributed by atoms with Crippen molar-refractivity contribution in [3.8, 4) is 5.75 Å². The van der Waals surface area contributed by atoms with Crippen LogP contribution in [0.1, 0.15) is 42.2 Å². The zero-order valence-corrected chi connectivity index (χ0v) is 15.7. The van der Waals surface area contributed by atoms with E-state index in [1.807, 2.05) is 30.0 Å². The molecule has 1 unspecified atom stereocenters. The molecule has 0 saturated carbocycles. The predicted molar refractivity (Wildman–Crippen MR) is 101 cm³/mol. The number of aromatic nitrogens is 1. The Morgan fingerprint density at radius 1 is 1.35 bits per heavy atom. The molecule has 1 aromatic heterocycles. The standard InChI is InChI=1S/C20H27N3O3/c1-4-8-23-13(2)19(16-11-15(26-3)5-6-17(16)23)20(25)22-9-7-14(12-22)10-18(21)24/h5-6,11,14H,4,7-10,12H2,1-3H3,(H2,21,24). The van der Waals surface area contributed by atoms with Gasteiger partial charge in [0.05, 0.1) is 12.7 Å². The van der Waals surface area contributed by atoms with Crippen molar-refractivity contribution in [3.05, 3.63) is 29.5 Å². The van der Waals surface area contributed by atoms with Crippen molar-refractivity contribution in [2.45, 2.75) is 39.7 Å². The molecular formula is C20H27N3O3. The second kappa shape index (κ2) is 7.40. The molecule has 26 heavy (non-hydrogen) atoms. The van der Waals surface area contributed by atoms with Crippen LogP contribution in [0, 0.1) is 12.8 Å². The molecule has 0 bridgehead atoms. The van der Waals surface area contributed by atoms with Crippen LogP contribution < -0.4 is 10.5 Å². The number of amides is 2. The third-order valence-electron chi connectivity index (χ3n) is 5.25. The van der Waals surface area contributed by atoms with E-state index in [0.29, 0.717) is 19.5 Å². The second-order valence-electron chi connectivity index (χ2n) is 7.07. The van der Waals surface area contributed by atoms with Crippen LogP contribution >= 0.6 is 0 Å². The molecule has 1 aliphatic rings. The maximum absolute atomic E-state index is 13.3. The Morgan fingerprint density at radius 3 is 2.77 bits per heavy atom. The number of nitrogens with zero attached hydrogens (tertiary/aromatic N) is 2. The average Bonchev–Trinajstić information content (AvgIpc) is 3.17. The van der Waals surface area contributed by atoms with Crippen LogP contribution in [0.4, 0.5) is 0 Å². The van der Waals surface area contributed by atoms with Crippen LogP contribution in [0.2, 0.25) is 0 Å². The number of aryl methyl sites for hydroxylation is 1. The van der Waals surface area contributed by atoms with Crippen LogP contribution in [-0.2, 0) is 11.3 Å². The summed E-state index contributed by atoms with van der Waals surface area (Å²) in [6.07, 6.45) is 2.16. The minimum atomic E-state index is -0.301. The van der Waals surface area contributed by atoms with Gasteiger partial charge in [0.2, 0.25) is 5.91 Å². The van der Waals surface area contributed by atoms with E-state index >= 15 is 0 Å². The first-order chi connectivity index (χ1) is 12.5. The highest BCUT2D eigenvalue weighted by Crippen LogP contribution is 2.32. The largest absolute Gasteiger partial charge is 0.497 e. The summed E-state index contributed by atoms with van der Waals surface area (Å²) in [5.74, 6) is 0.635. The third-order valence-corrected chi connectivity index (χ3v) is 5.25. The van der Waals surface area contributed by atoms with E-state index in [1.165, 1.54) is 0 Å². The first kappa shape index (κ1) is 18.3. The maximum atomic E-state index is 13.3. The van der Waals surface area contributed by atoms with Gasteiger partial charge in [-0.25, -0.2) is 0 Å². The van der Waals surface area contributed by atoms with Crippen molar-refractivity contribution >= 4 is 22.7 Å². The molecule has 1 aromatic carbocycles. The molecule has 6 nitrogen and oxygen atoms in total. The van der Waals surface area contributed by atoms with Crippen LogP contribution in [-0.4, -0.2) is 41.5 Å². The van der Waals surface area contributed by atoms with E-state index in [-0.39, 0.29) is 17.7 Å². The summed E-state index contributed by atoms with van der Waals surface area (Å²) in [6, 6.07) is 5.90. The second-order valence-corrected chi connectivity index (χ2v) is 7.07. The van der Waals surface area contributed by atoms with Crippen molar-refractivity contribution in [2.75, 3.05) is 20.2 Å². The number of fused-ring (bicyclic) bond motifs is 1. The van der Waals surface area contributed by atoms with Gasteiger partial charge in [0.15, 0.2) is 0 Å². The lowest BCUT2D eigenvalue weighted by molar-refractivity contribution is -0.118. The van der Waals surface area contributed by atoms with E-state index in [2.05, 4.69) is 11.5 Å². The van der Waals surface area contributed by atoms with Crippen molar-refractivity contribution < 1.29 is 14.3 Å². The zero-order chi connectivity index (χ0) is 18.8. The number of hydrogen-bond acceptors (Lipinski definition) is 3. The van der Waals surface area contributed by atoms with Crippen LogP contribution in [0.15, 0.2) is 18.2 Å². The fraction of sp³-hybridized carbons (Fsp3) is 0.500. The molecule has 2 amide bonds. The van der Waals surface area contributed by atoms with Gasteiger partial charge in [0.25, 0.3) is 5.91 Å². The van der Waals surface area contributed by atoms with Gasteiger partial charge in [-0.3, -0.25) is 9.59 Å². The Kier molecular flexibility index (Phi) is 5.20. The first-order valence-electron chi connectivity index (χ1n) is 9.20. The van der Waals surface area contributed by atoms with Gasteiger partial charge in [-0.1, -0.05) is 6.92 Å². The molecule has 0 spiro atoms. The summed E-state index contributed by atoms with van der Waals surface area (Å²) < 4.78 is 7.57. The van der Waals surface area contributed by atoms with Crippen LogP contribution in [0.3, 0.4) is 0 Å². The van der Waals surface area contributed by atoms with Crippen molar-refractivity contribution in [2.24, 2.45) is 11.7 Å². The average molecular weight is 357 g/mol. The molecule has 3 rings (SSSR count). The van der Waals surface area contributed by atoms with E-state index < -0.39 is 0 Å². The number of carbonyl (C=O) groups is 2. The summed E-state index contributed by atoms with van der Waals surface area (Å²) in [6.45, 7) is 6.26. The molecule has 1 atom stereocenters. The SMILES string of the molecule is CCCn1c(C)c(C(=O)N2CCC(CC(N)=O)C2)c2cc(OC)ccc21. The minimum Gasteiger partial charge on any atom is -0.497 e. The number of ether oxygens (including phenoxy) is 1. The number of benzene rings is 1. The highest BCUT2D eigenvalue weighted by Gasteiger charge is 2.31. The zero-order valence-electron chi connectivity index (χ0n) is 15.7. The topological polar surface area (TPSA) is 77.6 Å². The number of methoxy groups -OCH3 is 1. The molecule has 1 saturated heterocycles. The normalized spacial score (nSPS) is 17.0. The fourth-order valence-corrected chi connectivity index (χ4v) is 4.00. The van der Waals surface area contributed by atoms with Gasteiger partial charge in [-0.05, 0) is 43.9 Å². The van der Waals surface area contributed by atoms with Gasteiger partial charge in [0, 0.05) is 42.7 Å². The smallest absolute Gasteiger partial charge is 0.256 e. The molecule has 2 aromatic rings. The fourth-order valence-electron chi connectivity index (χ4n) is 4.00. The molecule has 2 heterocycles. The number of likely N-dealkylation sites (tertiary alicyclic amines) is 1. The lowest BCUT2D eigenvalue weighted by Gasteiger charge is -2.17. The number of rotatable bonds is 6. The van der Waals surface area contributed by atoms with Crippen molar-refractivity contribution in [1.29, 1.82) is 0 Å². The van der Waals surface area contributed by atoms with Gasteiger partial charge < -0.3 is 19.9 Å². The molecule has 140 valence electrons. The number of hydrogen-bond donors (Lipinski definition) is 1. The lowest BCUT2D eigenvalue weighted by Crippen LogP contribution is -2.30. The maximum Gasteiger partial charge on any atom is 0.256 e. The summed E-state index contributed by atoms with van der Waals surface area (Å²) in [5, 5.41) is 0.929. The first-order valence-corrected chi connectivity index (χ1v) is 9.20. The summed E-state index contributed by atoms with van der Waals surface area (Å²) in [5.41, 5.74) is 8.10. The Bertz CT molecular complexity index is 840. The number of nitrogens with two attached hydrogens (primary N) is 1. The minimum absolute atomic E-state index is 0.0302. The molecule has 6 heteroatoms. The number of primary amides is 1. The van der Waals surface area contributed by atoms with Gasteiger partial charge in [-0.2, -0.15) is 0 Å². The molecule has 0 aliphatic carbocycles. The van der Waals surface area contributed by atoms with E-state index in [4.69, 9.17) is 10.5 Å². The Morgan fingerprint density at radius 2 is 2.12 bits per heavy atom. The third kappa shape index (κ3) is 3.28. The molecular weight excluding hydrogens is 330 g/mol. The molecule has 1 fully saturated rings. The van der Waals surface area contributed by atoms with Crippen molar-refractivity contribution in [3.63, 3.8) is 0 Å². The van der Waals surface area contributed by atoms with E-state index in [1.54, 1.807) is 7.11 Å². The Hall–Kier alpha value is -2.50. The van der Waals surface area contributed by atoms with Gasteiger partial charge >= 0.3 is 0 Å². The Labute approximate surface area is 153 Å². The lowest BCUT2D eigenvalue weighted by atomic mass is 10.1. The highest BCUT2D eigenvalue weighted by molar-refractivity contribution is 6.09. The van der Waals surface area contributed by atoms with E-state index in [0.717, 1.165) is 47.3 Å². The van der Waals surface area contributed by atoms with Crippen LogP contribution in [0.25, 0.3) is 10.9 Å². The predicted octanol–water partition coefficient (Wildman–Crippen LogP) is 2.71. The van der Waals surface area contributed by atoms with Crippen LogP contribution in [0.5, 0.6) is 5.75 Å². The molecule has 1 aliphatic heterocycles. The molecule has 0 radical (unpaired) electrons. The summed E-state index contributed by atoms with van der Waals surface area (Å²) >= 11 is 0. The van der Waals surface area contributed by atoms with Crippen molar-refractivity contribution in [1.82, 2.24) is 9.47 Å². The van der Waals surface area contributed by atoms with E-state index in [9.17, 15) is 9.59 Å². The van der Waals surface area contributed by atoms with Gasteiger partial charge in [-0.15, -0.1) is 0 Å². The Balaban J connectivity index is 1.99. The molecule has 2 N–H and O–H groups in total. The quantitative estimate of drug-likeness (QED) is 0.863. The number of carbonyl (C=O) groups excluding carboxylic acids is 2. The monoisotopic (exact) mass is 357 g/mol. The highest BCUT2D eigenvalue weighted by atomic mass is 16.5. The summed E-state index contributed by atoms with van der Waals surface area (Å²) in [7, 11) is 1.63.